The Kier molecular flexibility index (Phi) is 7.43. The standard InChI is InChI=1S/C21H35N3O2.ClH/c25-20(15-3-1-2-4-15)23-19-7-5-16(6-8-19)21(26)24-11-9-17-13-22-14-18(17)10-12-24;/h15-19,22H,1-14H2,(H,23,25);1H/t16?,17-,18+,19?;. The van der Waals surface area contributed by atoms with Crippen molar-refractivity contribution in [3.63, 3.8) is 0 Å². The van der Waals surface area contributed by atoms with E-state index in [1.54, 1.807) is 0 Å². The van der Waals surface area contributed by atoms with Crippen LogP contribution in [0.2, 0.25) is 0 Å². The number of fused-ring (bicyclic) bond motifs is 1. The Morgan fingerprint density at radius 3 is 1.96 bits per heavy atom. The molecule has 27 heavy (non-hydrogen) atoms. The van der Waals surface area contributed by atoms with E-state index in [1.807, 2.05) is 0 Å². The fourth-order valence-corrected chi connectivity index (χ4v) is 5.69. The molecule has 2 N–H and O–H groups in total. The summed E-state index contributed by atoms with van der Waals surface area (Å²) in [7, 11) is 0. The third kappa shape index (κ3) is 4.97. The van der Waals surface area contributed by atoms with Gasteiger partial charge >= 0.3 is 0 Å². The summed E-state index contributed by atoms with van der Waals surface area (Å²) in [5.41, 5.74) is 0. The zero-order valence-corrected chi connectivity index (χ0v) is 17.3. The highest BCUT2D eigenvalue weighted by atomic mass is 35.5. The van der Waals surface area contributed by atoms with Crippen molar-refractivity contribution in [2.45, 2.75) is 70.3 Å². The molecule has 0 unspecified atom stereocenters. The van der Waals surface area contributed by atoms with Crippen molar-refractivity contribution in [3.05, 3.63) is 0 Å². The van der Waals surface area contributed by atoms with Crippen LogP contribution in [0.1, 0.15) is 64.2 Å². The van der Waals surface area contributed by atoms with Gasteiger partial charge in [-0.15, -0.1) is 12.4 Å². The first-order valence-electron chi connectivity index (χ1n) is 11.0. The fraction of sp³-hybridized carbons (Fsp3) is 0.905. The summed E-state index contributed by atoms with van der Waals surface area (Å²) >= 11 is 0. The zero-order valence-electron chi connectivity index (χ0n) is 16.5. The molecule has 2 saturated heterocycles. The molecule has 0 spiro atoms. The van der Waals surface area contributed by atoms with Crippen molar-refractivity contribution in [3.8, 4) is 0 Å². The molecule has 6 heteroatoms. The molecule has 0 bridgehead atoms. The zero-order chi connectivity index (χ0) is 17.9. The van der Waals surface area contributed by atoms with Gasteiger partial charge in [0, 0.05) is 31.0 Å². The Hall–Kier alpha value is -0.810. The monoisotopic (exact) mass is 397 g/mol. The third-order valence-electron chi connectivity index (χ3n) is 7.48. The molecule has 4 rings (SSSR count). The lowest BCUT2D eigenvalue weighted by Crippen LogP contribution is -2.44. The average molecular weight is 398 g/mol. The lowest BCUT2D eigenvalue weighted by atomic mass is 9.84. The first kappa shape index (κ1) is 20.9. The third-order valence-corrected chi connectivity index (χ3v) is 7.48. The number of amides is 2. The molecule has 2 aliphatic heterocycles. The number of halogens is 1. The Morgan fingerprint density at radius 1 is 0.778 bits per heavy atom. The summed E-state index contributed by atoms with van der Waals surface area (Å²) in [4.78, 5) is 27.5. The van der Waals surface area contributed by atoms with Crippen LogP contribution in [0.5, 0.6) is 0 Å². The Labute approximate surface area is 169 Å². The molecule has 2 atom stereocenters. The highest BCUT2D eigenvalue weighted by molar-refractivity contribution is 5.85. The molecule has 0 aromatic heterocycles. The average Bonchev–Trinajstić information content (AvgIpc) is 3.31. The van der Waals surface area contributed by atoms with E-state index in [2.05, 4.69) is 15.5 Å². The van der Waals surface area contributed by atoms with Crippen LogP contribution in [0.4, 0.5) is 0 Å². The van der Waals surface area contributed by atoms with Crippen LogP contribution >= 0.6 is 12.4 Å². The number of hydrogen-bond donors (Lipinski definition) is 2. The molecule has 4 aliphatic rings. The minimum absolute atomic E-state index is 0. The van der Waals surface area contributed by atoms with Crippen molar-refractivity contribution < 1.29 is 9.59 Å². The maximum Gasteiger partial charge on any atom is 0.225 e. The second kappa shape index (κ2) is 9.60. The van der Waals surface area contributed by atoms with Crippen LogP contribution in [0.15, 0.2) is 0 Å². The second-order valence-corrected chi connectivity index (χ2v) is 9.12. The van der Waals surface area contributed by atoms with Gasteiger partial charge in [0.15, 0.2) is 0 Å². The predicted octanol–water partition coefficient (Wildman–Crippen LogP) is 2.73. The highest BCUT2D eigenvalue weighted by Crippen LogP contribution is 2.31. The number of nitrogens with zero attached hydrogens (tertiary/aromatic N) is 1. The second-order valence-electron chi connectivity index (χ2n) is 9.12. The van der Waals surface area contributed by atoms with Crippen molar-refractivity contribution in [2.24, 2.45) is 23.7 Å². The largest absolute Gasteiger partial charge is 0.353 e. The molecule has 0 aromatic carbocycles. The van der Waals surface area contributed by atoms with Gasteiger partial charge in [-0.1, -0.05) is 12.8 Å². The molecule has 154 valence electrons. The number of rotatable bonds is 3. The van der Waals surface area contributed by atoms with E-state index in [4.69, 9.17) is 0 Å². The Bertz CT molecular complexity index is 502. The quantitative estimate of drug-likeness (QED) is 0.769. The van der Waals surface area contributed by atoms with Crippen LogP contribution in [-0.4, -0.2) is 48.9 Å². The minimum Gasteiger partial charge on any atom is -0.353 e. The van der Waals surface area contributed by atoms with Gasteiger partial charge in [-0.2, -0.15) is 0 Å². The summed E-state index contributed by atoms with van der Waals surface area (Å²) in [6.07, 6.45) is 10.7. The van der Waals surface area contributed by atoms with E-state index >= 15 is 0 Å². The van der Waals surface area contributed by atoms with E-state index in [0.717, 1.165) is 89.4 Å². The SMILES string of the molecule is Cl.O=C(NC1CCC(C(=O)N2CC[C@@H]3CNC[C@@H]3CC2)CC1)C1CCCC1. The first-order valence-corrected chi connectivity index (χ1v) is 11.0. The van der Waals surface area contributed by atoms with E-state index in [9.17, 15) is 9.59 Å². The van der Waals surface area contributed by atoms with E-state index < -0.39 is 0 Å². The summed E-state index contributed by atoms with van der Waals surface area (Å²) in [5, 5.41) is 6.77. The van der Waals surface area contributed by atoms with Gasteiger partial charge in [-0.3, -0.25) is 9.59 Å². The number of hydrogen-bond acceptors (Lipinski definition) is 3. The van der Waals surface area contributed by atoms with Gasteiger partial charge in [0.25, 0.3) is 0 Å². The van der Waals surface area contributed by atoms with Crippen LogP contribution in [0, 0.1) is 23.7 Å². The highest BCUT2D eigenvalue weighted by Gasteiger charge is 2.35. The van der Waals surface area contributed by atoms with Gasteiger partial charge in [0.2, 0.25) is 11.8 Å². The van der Waals surface area contributed by atoms with E-state index in [1.165, 1.54) is 12.8 Å². The molecular formula is C21H36ClN3O2. The van der Waals surface area contributed by atoms with Crippen molar-refractivity contribution in [2.75, 3.05) is 26.2 Å². The number of carbonyl (C=O) groups is 2. The summed E-state index contributed by atoms with van der Waals surface area (Å²) in [5.74, 6) is 2.64. The lowest BCUT2D eigenvalue weighted by Gasteiger charge is -2.32. The molecule has 2 amide bonds. The number of carbonyl (C=O) groups excluding carboxylic acids is 2. The lowest BCUT2D eigenvalue weighted by molar-refractivity contribution is -0.136. The molecule has 4 fully saturated rings. The Morgan fingerprint density at radius 2 is 1.37 bits per heavy atom. The maximum absolute atomic E-state index is 13.0. The molecular weight excluding hydrogens is 362 g/mol. The summed E-state index contributed by atoms with van der Waals surface area (Å²) in [6, 6.07) is 0.293. The van der Waals surface area contributed by atoms with Crippen molar-refractivity contribution in [1.82, 2.24) is 15.5 Å². The molecule has 2 saturated carbocycles. The number of nitrogens with one attached hydrogen (secondary N) is 2. The van der Waals surface area contributed by atoms with Crippen LogP contribution in [0.25, 0.3) is 0 Å². The topological polar surface area (TPSA) is 61.4 Å². The van der Waals surface area contributed by atoms with Crippen LogP contribution in [0.3, 0.4) is 0 Å². The summed E-state index contributed by atoms with van der Waals surface area (Å²) in [6.45, 7) is 4.16. The van der Waals surface area contributed by atoms with Gasteiger partial charge in [-0.05, 0) is 76.3 Å². The molecule has 0 aromatic rings. The summed E-state index contributed by atoms with van der Waals surface area (Å²) < 4.78 is 0. The van der Waals surface area contributed by atoms with Gasteiger partial charge in [0.1, 0.15) is 0 Å². The van der Waals surface area contributed by atoms with Crippen LogP contribution in [-0.2, 0) is 9.59 Å². The van der Waals surface area contributed by atoms with Gasteiger partial charge < -0.3 is 15.5 Å². The molecule has 0 radical (unpaired) electrons. The maximum atomic E-state index is 13.0. The molecule has 5 nitrogen and oxygen atoms in total. The van der Waals surface area contributed by atoms with Crippen molar-refractivity contribution >= 4 is 24.2 Å². The fourth-order valence-electron chi connectivity index (χ4n) is 5.69. The minimum atomic E-state index is 0. The molecule has 2 heterocycles. The van der Waals surface area contributed by atoms with E-state index in [0.29, 0.717) is 11.9 Å². The smallest absolute Gasteiger partial charge is 0.225 e. The van der Waals surface area contributed by atoms with E-state index in [-0.39, 0.29) is 30.2 Å². The number of likely N-dealkylation sites (tertiary alicyclic amines) is 1. The Balaban J connectivity index is 0.00000210. The van der Waals surface area contributed by atoms with Crippen molar-refractivity contribution in [1.29, 1.82) is 0 Å². The molecule has 2 aliphatic carbocycles. The first-order chi connectivity index (χ1) is 12.7. The normalized spacial score (nSPS) is 34.4. The predicted molar refractivity (Wildman–Crippen MR) is 109 cm³/mol. The van der Waals surface area contributed by atoms with Gasteiger partial charge in [0.05, 0.1) is 0 Å². The van der Waals surface area contributed by atoms with Crippen LogP contribution < -0.4 is 10.6 Å². The van der Waals surface area contributed by atoms with Gasteiger partial charge in [-0.25, -0.2) is 0 Å².